The maximum absolute atomic E-state index is 12.4. The zero-order valence-corrected chi connectivity index (χ0v) is 14.6. The van der Waals surface area contributed by atoms with Crippen LogP contribution in [0.15, 0.2) is 32.9 Å². The van der Waals surface area contributed by atoms with Crippen LogP contribution in [0.3, 0.4) is 0 Å². The molecule has 2 aromatic heterocycles. The minimum Gasteiger partial charge on any atom is -0.383 e. The van der Waals surface area contributed by atoms with Crippen LogP contribution >= 0.6 is 0 Å². The Morgan fingerprint density at radius 1 is 1.35 bits per heavy atom. The number of anilines is 1. The van der Waals surface area contributed by atoms with Crippen molar-refractivity contribution in [1.82, 2.24) is 19.5 Å². The summed E-state index contributed by atoms with van der Waals surface area (Å²) in [6.07, 6.45) is 8.79. The Labute approximate surface area is 148 Å². The molecule has 0 saturated carbocycles. The second-order valence-electron chi connectivity index (χ2n) is 6.26. The first-order chi connectivity index (χ1) is 12.4. The van der Waals surface area contributed by atoms with Crippen LogP contribution < -0.4 is 22.4 Å². The molecule has 1 aliphatic rings. The molecule has 0 bridgehead atoms. The van der Waals surface area contributed by atoms with Crippen molar-refractivity contribution in [2.24, 2.45) is 25.1 Å². The summed E-state index contributed by atoms with van der Waals surface area (Å²) in [5.74, 6) is -0.348. The van der Waals surface area contributed by atoms with Gasteiger partial charge in [0.05, 0.1) is 10.9 Å². The van der Waals surface area contributed by atoms with Crippen molar-refractivity contribution in [3.8, 4) is 0 Å². The van der Waals surface area contributed by atoms with Crippen molar-refractivity contribution in [2.45, 2.75) is 19.3 Å². The van der Waals surface area contributed by atoms with E-state index in [-0.39, 0.29) is 28.3 Å². The third-order valence-corrected chi connectivity index (χ3v) is 4.46. The van der Waals surface area contributed by atoms with E-state index in [0.717, 1.165) is 23.8 Å². The number of rotatable bonds is 3. The standard InChI is InChI=1S/C17H20N6O3/c1-22-14-12(16(25)23(2)17(22)26)8-11(13(18)20-14)15(24)21-19-9-10-6-4-3-5-7-10/h3-4,8-10H,5-7H2,1-2H3,(H2,18,20)(H,21,24)/b19-9+/t10-/m0/s1. The number of carbonyl (C=O) groups is 1. The molecule has 0 spiro atoms. The second-order valence-corrected chi connectivity index (χ2v) is 6.26. The second kappa shape index (κ2) is 6.95. The highest BCUT2D eigenvalue weighted by Gasteiger charge is 2.17. The van der Waals surface area contributed by atoms with Gasteiger partial charge < -0.3 is 5.73 Å². The molecule has 0 saturated heterocycles. The van der Waals surface area contributed by atoms with E-state index in [1.807, 2.05) is 0 Å². The normalized spacial score (nSPS) is 17.1. The Morgan fingerprint density at radius 2 is 2.12 bits per heavy atom. The molecule has 9 heteroatoms. The van der Waals surface area contributed by atoms with Gasteiger partial charge in [0.1, 0.15) is 5.82 Å². The largest absolute Gasteiger partial charge is 0.383 e. The fourth-order valence-electron chi connectivity index (χ4n) is 2.91. The van der Waals surface area contributed by atoms with Gasteiger partial charge in [-0.15, -0.1) is 0 Å². The Hall–Kier alpha value is -3.23. The number of nitrogens with two attached hydrogens (primary N) is 1. The van der Waals surface area contributed by atoms with Crippen LogP contribution in [0.5, 0.6) is 0 Å². The summed E-state index contributed by atoms with van der Waals surface area (Å²) in [4.78, 5) is 40.7. The summed E-state index contributed by atoms with van der Waals surface area (Å²) in [5.41, 5.74) is 7.38. The average molecular weight is 356 g/mol. The van der Waals surface area contributed by atoms with Gasteiger partial charge in [-0.3, -0.25) is 18.7 Å². The Kier molecular flexibility index (Phi) is 4.70. The van der Waals surface area contributed by atoms with Crippen molar-refractivity contribution in [2.75, 3.05) is 5.73 Å². The van der Waals surface area contributed by atoms with Crippen molar-refractivity contribution >= 4 is 29.0 Å². The fraction of sp³-hybridized carbons (Fsp3) is 0.353. The van der Waals surface area contributed by atoms with Crippen molar-refractivity contribution in [1.29, 1.82) is 0 Å². The molecule has 1 aliphatic carbocycles. The first-order valence-electron chi connectivity index (χ1n) is 8.25. The molecular formula is C17H20N6O3. The molecule has 9 nitrogen and oxygen atoms in total. The van der Waals surface area contributed by atoms with Gasteiger partial charge in [-0.05, 0) is 31.2 Å². The number of nitrogens with zero attached hydrogens (tertiary/aromatic N) is 4. The number of aromatic nitrogens is 3. The van der Waals surface area contributed by atoms with E-state index in [1.54, 1.807) is 6.21 Å². The number of nitrogen functional groups attached to an aromatic ring is 1. The summed E-state index contributed by atoms with van der Waals surface area (Å²) in [6.45, 7) is 0. The monoisotopic (exact) mass is 356 g/mol. The highest BCUT2D eigenvalue weighted by Crippen LogP contribution is 2.16. The third-order valence-electron chi connectivity index (χ3n) is 4.46. The van der Waals surface area contributed by atoms with Gasteiger partial charge in [-0.25, -0.2) is 15.2 Å². The number of amides is 1. The molecule has 2 aromatic rings. The number of fused-ring (bicyclic) bond motifs is 1. The van der Waals surface area contributed by atoms with E-state index < -0.39 is 17.2 Å². The lowest BCUT2D eigenvalue weighted by atomic mass is 9.96. The average Bonchev–Trinajstić information content (AvgIpc) is 2.65. The van der Waals surface area contributed by atoms with Crippen LogP contribution in [0.2, 0.25) is 0 Å². The van der Waals surface area contributed by atoms with Crippen molar-refractivity contribution in [3.05, 3.63) is 44.6 Å². The first-order valence-corrected chi connectivity index (χ1v) is 8.25. The van der Waals surface area contributed by atoms with Gasteiger partial charge >= 0.3 is 5.69 Å². The number of pyridine rings is 1. The van der Waals surface area contributed by atoms with Crippen LogP contribution in [0.1, 0.15) is 29.6 Å². The number of hydrogen-bond acceptors (Lipinski definition) is 6. The Balaban J connectivity index is 1.92. The molecule has 0 unspecified atom stereocenters. The van der Waals surface area contributed by atoms with Crippen LogP contribution in [0.4, 0.5) is 5.82 Å². The van der Waals surface area contributed by atoms with E-state index in [2.05, 4.69) is 27.7 Å². The van der Waals surface area contributed by atoms with Gasteiger partial charge in [0, 0.05) is 20.3 Å². The number of hydrogen-bond donors (Lipinski definition) is 2. The topological polar surface area (TPSA) is 124 Å². The van der Waals surface area contributed by atoms with Crippen LogP contribution in [0.25, 0.3) is 11.0 Å². The third kappa shape index (κ3) is 3.15. The smallest absolute Gasteiger partial charge is 0.332 e. The lowest BCUT2D eigenvalue weighted by Gasteiger charge is -2.12. The fourth-order valence-corrected chi connectivity index (χ4v) is 2.91. The van der Waals surface area contributed by atoms with Gasteiger partial charge in [0.25, 0.3) is 11.5 Å². The summed E-state index contributed by atoms with van der Waals surface area (Å²) in [6, 6.07) is 1.34. The molecule has 0 fully saturated rings. The van der Waals surface area contributed by atoms with E-state index in [4.69, 9.17) is 5.73 Å². The lowest BCUT2D eigenvalue weighted by molar-refractivity contribution is 0.0955. The van der Waals surface area contributed by atoms with Crippen LogP contribution in [-0.2, 0) is 14.1 Å². The predicted molar refractivity (Wildman–Crippen MR) is 99.1 cm³/mol. The lowest BCUT2D eigenvalue weighted by Crippen LogP contribution is -2.37. The zero-order valence-electron chi connectivity index (χ0n) is 14.6. The van der Waals surface area contributed by atoms with Gasteiger partial charge in [0.15, 0.2) is 5.65 Å². The number of nitrogens with one attached hydrogen (secondary N) is 1. The van der Waals surface area contributed by atoms with Gasteiger partial charge in [0.2, 0.25) is 0 Å². The maximum Gasteiger partial charge on any atom is 0.332 e. The summed E-state index contributed by atoms with van der Waals surface area (Å²) in [5, 5.41) is 4.12. The molecular weight excluding hydrogens is 336 g/mol. The molecule has 1 atom stereocenters. The number of aryl methyl sites for hydroxylation is 1. The highest BCUT2D eigenvalue weighted by molar-refractivity contribution is 6.01. The predicted octanol–water partition coefficient (Wildman–Crippen LogP) is 0.286. The van der Waals surface area contributed by atoms with Crippen molar-refractivity contribution < 1.29 is 4.79 Å². The van der Waals surface area contributed by atoms with Crippen LogP contribution in [-0.4, -0.2) is 26.2 Å². The quantitative estimate of drug-likeness (QED) is 0.464. The number of carbonyl (C=O) groups excluding carboxylic acids is 1. The molecule has 1 amide bonds. The number of allylic oxidation sites excluding steroid dienone is 2. The summed E-state index contributed by atoms with van der Waals surface area (Å²) in [7, 11) is 2.85. The molecule has 0 radical (unpaired) electrons. The molecule has 0 aliphatic heterocycles. The number of hydrazone groups is 1. The van der Waals surface area contributed by atoms with Crippen molar-refractivity contribution in [3.63, 3.8) is 0 Å². The SMILES string of the molecule is Cn1c(=O)c2cc(C(=O)N/N=C/[C@H]3CC=CCC3)c(N)nc2n(C)c1=O. The van der Waals surface area contributed by atoms with E-state index in [9.17, 15) is 14.4 Å². The van der Waals surface area contributed by atoms with E-state index in [0.29, 0.717) is 0 Å². The Morgan fingerprint density at radius 3 is 2.81 bits per heavy atom. The van der Waals surface area contributed by atoms with Gasteiger partial charge in [-0.1, -0.05) is 12.2 Å². The summed E-state index contributed by atoms with van der Waals surface area (Å²) >= 11 is 0. The summed E-state index contributed by atoms with van der Waals surface area (Å²) < 4.78 is 2.17. The van der Waals surface area contributed by atoms with E-state index in [1.165, 1.54) is 24.7 Å². The molecule has 3 N–H and O–H groups in total. The molecule has 136 valence electrons. The van der Waals surface area contributed by atoms with E-state index >= 15 is 0 Å². The Bertz CT molecular complexity index is 1050. The molecule has 3 rings (SSSR count). The van der Waals surface area contributed by atoms with Crippen LogP contribution in [0, 0.1) is 5.92 Å². The highest BCUT2D eigenvalue weighted by atomic mass is 16.2. The molecule has 0 aromatic carbocycles. The molecule has 2 heterocycles. The zero-order chi connectivity index (χ0) is 18.8. The van der Waals surface area contributed by atoms with Gasteiger partial charge in [-0.2, -0.15) is 5.10 Å². The minimum atomic E-state index is -0.560. The first kappa shape index (κ1) is 17.6. The molecule has 26 heavy (non-hydrogen) atoms. The minimum absolute atomic E-state index is 0.0361. The maximum atomic E-state index is 12.4.